The number of pyridine rings is 4. The Hall–Kier alpha value is -11.5. The number of hydrogen-bond acceptors (Lipinski definition) is 21. The maximum atomic E-state index is 13.5. The fourth-order valence-electron chi connectivity index (χ4n) is 10.3. The van der Waals surface area contributed by atoms with Crippen LogP contribution < -0.4 is 42.5 Å². The molecule has 109 heavy (non-hydrogen) atoms. The molecule has 38 heteroatoms. The quantitative estimate of drug-likeness (QED) is 0.0280. The van der Waals surface area contributed by atoms with Gasteiger partial charge in [-0.25, -0.2) is 73.0 Å². The third kappa shape index (κ3) is 20.8. The minimum Gasteiger partial charge on any atom is -0.356 e. The average molecular weight is 1590 g/mol. The van der Waals surface area contributed by atoms with Gasteiger partial charge in [0.25, 0.3) is 6.43 Å². The molecule has 12 rings (SSSR count). The monoisotopic (exact) mass is 1590 g/mol. The van der Waals surface area contributed by atoms with E-state index >= 15 is 0 Å². The van der Waals surface area contributed by atoms with Crippen LogP contribution in [0.3, 0.4) is 0 Å². The van der Waals surface area contributed by atoms with Crippen LogP contribution in [0.2, 0.25) is 15.1 Å². The summed E-state index contributed by atoms with van der Waals surface area (Å²) in [6.45, 7) is 21.6. The molecule has 0 aliphatic rings. The molecule has 12 aromatic heterocycles. The molecule has 596 valence electrons. The number of aryl methyl sites for hydroxylation is 3. The van der Waals surface area contributed by atoms with E-state index in [0.29, 0.717) is 125 Å². The summed E-state index contributed by atoms with van der Waals surface area (Å²) in [5.41, 5.74) is 3.23. The van der Waals surface area contributed by atoms with Crippen molar-refractivity contribution in [2.24, 2.45) is 0 Å². The highest BCUT2D eigenvalue weighted by molar-refractivity contribution is 6.32. The summed E-state index contributed by atoms with van der Waals surface area (Å²) in [4.78, 5) is 117. The highest BCUT2D eigenvalue weighted by Gasteiger charge is 2.35. The number of aromatic nitrogens is 17. The minimum atomic E-state index is -4.49. The SMILES string of the molecule is CCCNC(=O)C(C)(C)Nc1nc(-c2c[nH]c3ncc(Cl)cc23)ncc1C.CCNC(=O)C(C)(C)Nc1ncnc(-c2c[nH]c3ncc(F)cc23)n1.Cc1cnc(-c2c[nH]c3ncc(Cl)cc23)nc1NC(C)(C)C(=O)NCC(F)(F)F.Cc1cnc(-c2c[nH]c3ncc(Cl)cc23)nc1NC(C)(C)C(=O)NCC(F)F.[HH].[HH].[HH].[HH].[HH].[HH].[HH].[HH].[HH].[HH].[HH]. The van der Waals surface area contributed by atoms with Crippen molar-refractivity contribution in [3.63, 3.8) is 0 Å². The molecule has 0 fully saturated rings. The smallest absolute Gasteiger partial charge is 0.356 e. The Morgan fingerprint density at radius 3 is 1.17 bits per heavy atom. The number of carbonyl (C=O) groups is 4. The predicted octanol–water partition coefficient (Wildman–Crippen LogP) is 15.7. The fourth-order valence-corrected chi connectivity index (χ4v) is 10.7. The molecule has 4 amide bonds. The lowest BCUT2D eigenvalue weighted by Crippen LogP contribution is -2.50. The van der Waals surface area contributed by atoms with Crippen molar-refractivity contribution in [2.75, 3.05) is 47.4 Å². The summed E-state index contributed by atoms with van der Waals surface area (Å²) in [6, 6.07) is 6.67. The first-order valence-corrected chi connectivity index (χ1v) is 34.8. The third-order valence-electron chi connectivity index (χ3n) is 16.2. The lowest BCUT2D eigenvalue weighted by molar-refractivity contribution is -0.140. The van der Waals surface area contributed by atoms with Gasteiger partial charge in [-0.2, -0.15) is 18.2 Å². The third-order valence-corrected chi connectivity index (χ3v) is 16.8. The van der Waals surface area contributed by atoms with Crippen LogP contribution in [0, 0.1) is 26.6 Å². The van der Waals surface area contributed by atoms with E-state index in [2.05, 4.69) is 122 Å². The van der Waals surface area contributed by atoms with Gasteiger partial charge >= 0.3 is 6.18 Å². The van der Waals surface area contributed by atoms with Crippen molar-refractivity contribution in [3.8, 4) is 45.6 Å². The number of hydrogen-bond donors (Lipinski definition) is 12. The highest BCUT2D eigenvalue weighted by Crippen LogP contribution is 2.34. The van der Waals surface area contributed by atoms with Crippen molar-refractivity contribution >= 4 is 126 Å². The lowest BCUT2D eigenvalue weighted by atomic mass is 10.0. The Balaban J connectivity index is -0.00000148. The molecule has 29 nitrogen and oxygen atoms in total. The Morgan fingerprint density at radius 2 is 0.798 bits per heavy atom. The second-order valence-electron chi connectivity index (χ2n) is 26.8. The largest absolute Gasteiger partial charge is 0.405 e. The van der Waals surface area contributed by atoms with E-state index in [1.54, 1.807) is 97.1 Å². The molecule has 0 spiro atoms. The Bertz CT molecular complexity index is 5330. The Morgan fingerprint density at radius 1 is 0.450 bits per heavy atom. The number of H-pyrrole nitrogens is 4. The number of rotatable bonds is 22. The van der Waals surface area contributed by atoms with E-state index in [-0.39, 0.29) is 33.5 Å². The number of amides is 4. The molecule has 0 aromatic carbocycles. The molecular weight excluding hydrogens is 1490 g/mol. The molecule has 12 aromatic rings. The van der Waals surface area contributed by atoms with Gasteiger partial charge in [0, 0.05) is 151 Å². The standard InChI is InChI=1S/C19H23ClN6O.C18H18ClF3N6O.C18H19ClF2N6O.C16H18FN7O.11H2/c1-5-6-21-18(27)19(3,4)26-15-11(2)8-22-17(25-15)14-10-24-16-13(14)7-12(20)9-23-16;1-9-5-23-15(12-7-25-14-11(12)4-10(19)6-24-14)27-13(9)28-17(2,3)16(29)26-8-18(20,21)22;1-9-5-22-16(12-7-24-15-11(12)4-10(19)6-23-15)26-14(9)27-18(2,3)17(28)25-8-13(20)21;1-4-18-14(25)16(2,3)24-15-22-8-21-13(23-15)11-7-20-12-10(11)5-9(17)6-19-12;;;;;;;;;;;/h7-10H,5-6H2,1-4H3,(H,21,27)(H,23,24)(H,22,25,26);4-7H,8H2,1-3H3,(H,24,25)(H,26,29)(H,23,27,28);4-7,13H,8H2,1-3H3,(H,23,24)(H,25,28)(H,22,26,27);5-8H,4H2,1-3H3,(H,18,25)(H,19,20)(H,21,22,23,24);11*1H. The fraction of sp³-hybridized carbons (Fsp3) is 0.338. The van der Waals surface area contributed by atoms with E-state index in [9.17, 15) is 45.5 Å². The number of anilines is 4. The van der Waals surface area contributed by atoms with Crippen molar-refractivity contribution in [1.29, 1.82) is 0 Å². The van der Waals surface area contributed by atoms with Crippen LogP contribution in [-0.4, -0.2) is 169 Å². The van der Waals surface area contributed by atoms with E-state index < -0.39 is 65.5 Å². The molecule has 0 aliphatic heterocycles. The van der Waals surface area contributed by atoms with Crippen LogP contribution in [0.5, 0.6) is 0 Å². The van der Waals surface area contributed by atoms with Gasteiger partial charge in [0.15, 0.2) is 23.3 Å². The number of nitrogens with one attached hydrogen (secondary N) is 12. The summed E-state index contributed by atoms with van der Waals surface area (Å²) < 4.78 is 75.4. The lowest BCUT2D eigenvalue weighted by Gasteiger charge is -2.27. The highest BCUT2D eigenvalue weighted by atomic mass is 35.5. The number of nitrogens with zero attached hydrogens (tertiary/aromatic N) is 13. The molecule has 0 saturated heterocycles. The number of aromatic amines is 4. The zero-order valence-corrected chi connectivity index (χ0v) is 63.5. The molecule has 12 heterocycles. The first kappa shape index (κ1) is 81.6. The molecule has 0 bridgehead atoms. The van der Waals surface area contributed by atoms with Crippen LogP contribution in [0.25, 0.3) is 89.7 Å². The van der Waals surface area contributed by atoms with Crippen LogP contribution in [0.4, 0.5) is 49.7 Å². The summed E-state index contributed by atoms with van der Waals surface area (Å²) in [7, 11) is 0. The topological polar surface area (TPSA) is 395 Å². The summed E-state index contributed by atoms with van der Waals surface area (Å²) in [5.74, 6) is 1.19. The van der Waals surface area contributed by atoms with Gasteiger partial charge in [-0.3, -0.25) is 19.2 Å². The van der Waals surface area contributed by atoms with Gasteiger partial charge in [0.2, 0.25) is 29.6 Å². The van der Waals surface area contributed by atoms with Crippen LogP contribution in [0.1, 0.15) is 108 Å². The van der Waals surface area contributed by atoms with Gasteiger partial charge < -0.3 is 62.5 Å². The van der Waals surface area contributed by atoms with Gasteiger partial charge in [-0.05, 0) is 114 Å². The van der Waals surface area contributed by atoms with Crippen LogP contribution in [0.15, 0.2) is 98.8 Å². The first-order chi connectivity index (χ1) is 51.3. The van der Waals surface area contributed by atoms with Crippen LogP contribution >= 0.6 is 34.8 Å². The maximum absolute atomic E-state index is 13.5. The van der Waals surface area contributed by atoms with Crippen molar-refractivity contribution in [1.82, 2.24) is 106 Å². The van der Waals surface area contributed by atoms with Crippen molar-refractivity contribution in [2.45, 2.75) is 131 Å². The Kier molecular flexibility index (Phi) is 25.6. The summed E-state index contributed by atoms with van der Waals surface area (Å²) >= 11 is 18.1. The second-order valence-corrected chi connectivity index (χ2v) is 28.1. The number of carbonyl (C=O) groups excluding carboxylic acids is 4. The number of likely N-dealkylation sites (N-methyl/N-ethyl adjacent to an activating group) is 1. The molecule has 0 unspecified atom stereocenters. The van der Waals surface area contributed by atoms with E-state index in [1.165, 1.54) is 38.6 Å². The number of fused-ring (bicyclic) bond motifs is 4. The van der Waals surface area contributed by atoms with E-state index in [0.717, 1.165) is 39.9 Å². The molecule has 0 aliphatic carbocycles. The zero-order valence-electron chi connectivity index (χ0n) is 61.2. The van der Waals surface area contributed by atoms with Crippen LogP contribution in [-0.2, 0) is 19.2 Å². The normalized spacial score (nSPS) is 11.8. The summed E-state index contributed by atoms with van der Waals surface area (Å²) in [5, 5.41) is 26.3. The maximum Gasteiger partial charge on any atom is 0.405 e. The molecular formula is C71H100Cl3F6N25O4. The molecule has 12 N–H and O–H groups in total. The van der Waals surface area contributed by atoms with Crippen molar-refractivity contribution < 1.29 is 61.2 Å². The molecule has 0 radical (unpaired) electrons. The second kappa shape index (κ2) is 34.2. The van der Waals surface area contributed by atoms with Gasteiger partial charge in [-0.15, -0.1) is 0 Å². The minimum absolute atomic E-state index is 0. The van der Waals surface area contributed by atoms with Gasteiger partial charge in [0.1, 0.15) is 80.9 Å². The number of halogens is 9. The van der Waals surface area contributed by atoms with Crippen molar-refractivity contribution in [3.05, 3.63) is 136 Å². The predicted molar refractivity (Wildman–Crippen MR) is 430 cm³/mol. The molecule has 0 atom stereocenters. The number of alkyl halides is 5. The average Bonchev–Trinajstić information content (AvgIpc) is 1.63. The van der Waals surface area contributed by atoms with E-state index in [4.69, 9.17) is 34.8 Å². The van der Waals surface area contributed by atoms with E-state index in [1.807, 2.05) is 52.2 Å². The van der Waals surface area contributed by atoms with Gasteiger partial charge in [-0.1, -0.05) is 41.7 Å². The zero-order chi connectivity index (χ0) is 79.5. The molecule has 0 saturated carbocycles. The Labute approximate surface area is 651 Å². The summed E-state index contributed by atoms with van der Waals surface area (Å²) in [6.07, 6.45) is 12.7. The first-order valence-electron chi connectivity index (χ1n) is 33.7. The van der Waals surface area contributed by atoms with Gasteiger partial charge in [0.05, 0.1) is 27.8 Å².